The number of nitro groups is 1. The zero-order chi connectivity index (χ0) is 24.7. The van der Waals surface area contributed by atoms with Crippen molar-refractivity contribution in [2.45, 2.75) is 19.5 Å². The van der Waals surface area contributed by atoms with Crippen LogP contribution in [0.5, 0.6) is 11.5 Å². The largest absolute Gasteiger partial charge is 0.457 e. The first kappa shape index (κ1) is 23.3. The van der Waals surface area contributed by atoms with E-state index in [9.17, 15) is 10.1 Å². The third-order valence-electron chi connectivity index (χ3n) is 5.55. The van der Waals surface area contributed by atoms with Gasteiger partial charge in [0.1, 0.15) is 11.5 Å². The van der Waals surface area contributed by atoms with Crippen LogP contribution < -0.4 is 9.54 Å². The highest BCUT2D eigenvalue weighted by molar-refractivity contribution is 7.07. The molecule has 2 heterocycles. The fraction of sp³-hybridized carbons (Fsp3) is 0.111. The van der Waals surface area contributed by atoms with Crippen LogP contribution in [0.3, 0.4) is 0 Å². The second-order valence-electron chi connectivity index (χ2n) is 8.04. The van der Waals surface area contributed by atoms with Gasteiger partial charge >= 0.3 is 0 Å². The van der Waals surface area contributed by atoms with Gasteiger partial charge in [0.15, 0.2) is 4.80 Å². The fourth-order valence-electron chi connectivity index (χ4n) is 3.80. The highest BCUT2D eigenvalue weighted by Gasteiger charge is 2.12. The molecule has 8 nitrogen and oxygen atoms in total. The molecule has 9 heteroatoms. The van der Waals surface area contributed by atoms with Crippen LogP contribution in [0.15, 0.2) is 108 Å². The minimum absolute atomic E-state index is 0.0659. The Labute approximate surface area is 211 Å². The molecular formula is C27H23N5O3S. The second-order valence-corrected chi connectivity index (χ2v) is 8.87. The van der Waals surface area contributed by atoms with Gasteiger partial charge in [-0.3, -0.25) is 10.1 Å². The van der Waals surface area contributed by atoms with Gasteiger partial charge in [-0.1, -0.05) is 30.3 Å². The average Bonchev–Trinajstić information content (AvgIpc) is 3.56. The molecule has 0 saturated carbocycles. The molecule has 0 amide bonds. The van der Waals surface area contributed by atoms with Crippen molar-refractivity contribution in [3.05, 3.63) is 118 Å². The van der Waals surface area contributed by atoms with Gasteiger partial charge in [-0.15, -0.1) is 11.3 Å². The molecule has 0 aliphatic heterocycles. The number of nitrogens with zero attached hydrogens (tertiary/aromatic N) is 5. The summed E-state index contributed by atoms with van der Waals surface area (Å²) >= 11 is 1.51. The number of hydrogen-bond acceptors (Lipinski definition) is 6. The van der Waals surface area contributed by atoms with Crippen molar-refractivity contribution in [3.8, 4) is 22.8 Å². The number of non-ortho nitro benzene ring substituents is 1. The van der Waals surface area contributed by atoms with Gasteiger partial charge in [-0.05, 0) is 42.8 Å². The minimum atomic E-state index is -0.371. The molecule has 0 fully saturated rings. The number of hydrogen-bond donors (Lipinski definition) is 0. The van der Waals surface area contributed by atoms with Crippen molar-refractivity contribution in [2.75, 3.05) is 0 Å². The normalized spacial score (nSPS) is 11.5. The van der Waals surface area contributed by atoms with Crippen LogP contribution in [-0.4, -0.2) is 19.0 Å². The highest BCUT2D eigenvalue weighted by Crippen LogP contribution is 2.26. The Bertz CT molecular complexity index is 1510. The number of benzene rings is 3. The molecule has 180 valence electrons. The van der Waals surface area contributed by atoms with Crippen LogP contribution >= 0.6 is 11.3 Å². The van der Waals surface area contributed by atoms with Gasteiger partial charge in [0.2, 0.25) is 0 Å². The summed E-state index contributed by atoms with van der Waals surface area (Å²) in [6.07, 6.45) is 6.35. The van der Waals surface area contributed by atoms with E-state index in [0.29, 0.717) is 6.54 Å². The Balaban J connectivity index is 1.44. The number of rotatable bonds is 9. The van der Waals surface area contributed by atoms with Crippen molar-refractivity contribution in [1.82, 2.24) is 14.1 Å². The van der Waals surface area contributed by atoms with E-state index in [4.69, 9.17) is 9.73 Å². The van der Waals surface area contributed by atoms with Gasteiger partial charge in [0.05, 0.1) is 22.6 Å². The quantitative estimate of drug-likeness (QED) is 0.173. The van der Waals surface area contributed by atoms with Crippen molar-refractivity contribution in [3.63, 3.8) is 0 Å². The molecule has 0 aliphatic rings. The number of ether oxygens (including phenoxy) is 1. The molecule has 0 bridgehead atoms. The topological polar surface area (TPSA) is 87.5 Å². The molecule has 5 rings (SSSR count). The Morgan fingerprint density at radius 3 is 2.53 bits per heavy atom. The van der Waals surface area contributed by atoms with Crippen molar-refractivity contribution in [1.29, 1.82) is 0 Å². The molecule has 0 atom stereocenters. The summed E-state index contributed by atoms with van der Waals surface area (Å²) in [6, 6.07) is 24.0. The summed E-state index contributed by atoms with van der Waals surface area (Å²) < 4.78 is 10.0. The number of para-hydroxylation sites is 1. The molecule has 5 aromatic rings. The van der Waals surface area contributed by atoms with E-state index in [-0.39, 0.29) is 10.6 Å². The predicted molar refractivity (Wildman–Crippen MR) is 139 cm³/mol. The SMILES string of the molecule is O=[N+]([O-])c1cccc(-c2csc(=Nc3ccc(Oc4ccccc4)cc3)n2CCCn2ccnc2)c1. The number of thiazole rings is 1. The van der Waals surface area contributed by atoms with E-state index in [1.807, 2.05) is 76.8 Å². The molecule has 0 unspecified atom stereocenters. The smallest absolute Gasteiger partial charge is 0.270 e. The summed E-state index contributed by atoms with van der Waals surface area (Å²) in [5.41, 5.74) is 2.55. The first-order valence-electron chi connectivity index (χ1n) is 11.4. The van der Waals surface area contributed by atoms with Crippen LogP contribution in [0.25, 0.3) is 11.3 Å². The molecule has 3 aromatic carbocycles. The average molecular weight is 498 g/mol. The lowest BCUT2D eigenvalue weighted by molar-refractivity contribution is -0.384. The van der Waals surface area contributed by atoms with E-state index in [0.717, 1.165) is 46.2 Å². The Morgan fingerprint density at radius 2 is 1.78 bits per heavy atom. The summed E-state index contributed by atoms with van der Waals surface area (Å²) in [7, 11) is 0. The third kappa shape index (κ3) is 5.59. The molecule has 0 N–H and O–H groups in total. The first-order valence-corrected chi connectivity index (χ1v) is 12.3. The first-order chi connectivity index (χ1) is 17.7. The Hall–Kier alpha value is -4.50. The second kappa shape index (κ2) is 10.8. The third-order valence-corrected chi connectivity index (χ3v) is 6.41. The molecule has 2 aromatic heterocycles. The minimum Gasteiger partial charge on any atom is -0.457 e. The van der Waals surface area contributed by atoms with Crippen LogP contribution in [0.2, 0.25) is 0 Å². The van der Waals surface area contributed by atoms with Gasteiger partial charge in [0, 0.05) is 48.6 Å². The number of nitro benzene ring substituents is 1. The van der Waals surface area contributed by atoms with E-state index >= 15 is 0 Å². The van der Waals surface area contributed by atoms with Gasteiger partial charge in [0.25, 0.3) is 5.69 Å². The van der Waals surface area contributed by atoms with Crippen LogP contribution in [-0.2, 0) is 13.1 Å². The zero-order valence-electron chi connectivity index (χ0n) is 19.3. The maximum absolute atomic E-state index is 11.3. The van der Waals surface area contributed by atoms with Gasteiger partial charge < -0.3 is 13.9 Å². The van der Waals surface area contributed by atoms with Crippen LogP contribution in [0.4, 0.5) is 11.4 Å². The van der Waals surface area contributed by atoms with E-state index < -0.39 is 0 Å². The molecule has 0 saturated heterocycles. The molecule has 0 aliphatic carbocycles. The van der Waals surface area contributed by atoms with Gasteiger partial charge in [-0.25, -0.2) is 9.98 Å². The number of aryl methyl sites for hydroxylation is 1. The van der Waals surface area contributed by atoms with E-state index in [1.165, 1.54) is 17.4 Å². The summed E-state index contributed by atoms with van der Waals surface area (Å²) in [5.74, 6) is 1.51. The molecule has 0 radical (unpaired) electrons. The summed E-state index contributed by atoms with van der Waals surface area (Å²) in [4.78, 5) is 20.8. The number of aromatic nitrogens is 3. The van der Waals surface area contributed by atoms with E-state index in [2.05, 4.69) is 9.55 Å². The summed E-state index contributed by atoms with van der Waals surface area (Å²) in [5, 5.41) is 13.3. The van der Waals surface area contributed by atoms with Crippen LogP contribution in [0.1, 0.15) is 6.42 Å². The Morgan fingerprint density at radius 1 is 0.972 bits per heavy atom. The van der Waals surface area contributed by atoms with Crippen molar-refractivity contribution < 1.29 is 9.66 Å². The lowest BCUT2D eigenvalue weighted by Gasteiger charge is -2.10. The van der Waals surface area contributed by atoms with Crippen molar-refractivity contribution in [2.24, 2.45) is 4.99 Å². The maximum Gasteiger partial charge on any atom is 0.270 e. The maximum atomic E-state index is 11.3. The monoisotopic (exact) mass is 497 g/mol. The lowest BCUT2D eigenvalue weighted by Crippen LogP contribution is -2.17. The Kier molecular flexibility index (Phi) is 7.00. The zero-order valence-corrected chi connectivity index (χ0v) is 20.1. The summed E-state index contributed by atoms with van der Waals surface area (Å²) in [6.45, 7) is 1.51. The molecule has 0 spiro atoms. The molecule has 36 heavy (non-hydrogen) atoms. The lowest BCUT2D eigenvalue weighted by atomic mass is 10.1. The van der Waals surface area contributed by atoms with E-state index in [1.54, 1.807) is 24.7 Å². The molecular weight excluding hydrogens is 474 g/mol. The number of imidazole rings is 1. The predicted octanol–water partition coefficient (Wildman–Crippen LogP) is 6.44. The fourth-order valence-corrected chi connectivity index (χ4v) is 4.75. The van der Waals surface area contributed by atoms with Crippen molar-refractivity contribution >= 4 is 22.7 Å². The standard InChI is InChI=1S/C27H23N5O3S/c33-32(34)23-7-4-6-21(18-23)26-19-36-27(31(26)16-5-15-30-17-14-28-20-30)29-22-10-12-25(13-11-22)35-24-8-2-1-3-9-24/h1-4,6-14,17-20H,5,15-16H2. The van der Waals surface area contributed by atoms with Crippen LogP contribution in [0, 0.1) is 10.1 Å². The highest BCUT2D eigenvalue weighted by atomic mass is 32.1. The van der Waals surface area contributed by atoms with Gasteiger partial charge in [-0.2, -0.15) is 0 Å².